The summed E-state index contributed by atoms with van der Waals surface area (Å²) in [6, 6.07) is 3.57. The summed E-state index contributed by atoms with van der Waals surface area (Å²) in [5.41, 5.74) is 0.855. The largest absolute Gasteiger partial charge is 0.348 e. The fraction of sp³-hybridized carbons (Fsp3) is 0.591. The van der Waals surface area contributed by atoms with Crippen LogP contribution in [0.3, 0.4) is 0 Å². The first-order chi connectivity index (χ1) is 15.2. The Kier molecular flexibility index (Phi) is 6.06. The molecule has 166 valence electrons. The van der Waals surface area contributed by atoms with Gasteiger partial charge in [0.1, 0.15) is 12.1 Å². The van der Waals surface area contributed by atoms with E-state index in [1.54, 1.807) is 17.4 Å². The van der Waals surface area contributed by atoms with Crippen LogP contribution in [-0.4, -0.2) is 81.3 Å². The molecule has 0 unspecified atom stereocenters. The van der Waals surface area contributed by atoms with Crippen molar-refractivity contribution in [2.24, 2.45) is 0 Å². The molecule has 2 atom stereocenters. The average Bonchev–Trinajstić information content (AvgIpc) is 3.45. The van der Waals surface area contributed by atoms with Crippen LogP contribution in [0.4, 0.5) is 0 Å². The summed E-state index contributed by atoms with van der Waals surface area (Å²) in [4.78, 5) is 42.1. The van der Waals surface area contributed by atoms with E-state index in [1.165, 1.54) is 42.1 Å². The van der Waals surface area contributed by atoms with Gasteiger partial charge in [0.2, 0.25) is 11.8 Å². The number of imidazole rings is 1. The zero-order valence-electron chi connectivity index (χ0n) is 17.8. The van der Waals surface area contributed by atoms with E-state index in [0.29, 0.717) is 19.5 Å². The number of nitrogens with one attached hydrogen (secondary N) is 2. The number of rotatable bonds is 6. The molecule has 2 amide bonds. The normalized spacial score (nSPS) is 25.5. The molecule has 3 fully saturated rings. The van der Waals surface area contributed by atoms with E-state index in [1.807, 2.05) is 11.3 Å². The summed E-state index contributed by atoms with van der Waals surface area (Å²) in [5, 5.41) is 2.93. The number of hydrogen-bond donors (Lipinski definition) is 2. The van der Waals surface area contributed by atoms with Crippen molar-refractivity contribution in [2.75, 3.05) is 32.7 Å². The molecule has 2 N–H and O–H groups in total. The van der Waals surface area contributed by atoms with Gasteiger partial charge in [0.15, 0.2) is 0 Å². The number of piperazine rings is 2. The van der Waals surface area contributed by atoms with Crippen LogP contribution in [0.5, 0.6) is 0 Å². The number of nitrogens with zero attached hydrogens (tertiary/aromatic N) is 4. The average molecular weight is 443 g/mol. The highest BCUT2D eigenvalue weighted by Crippen LogP contribution is 2.24. The lowest BCUT2D eigenvalue weighted by atomic mass is 10.0. The highest BCUT2D eigenvalue weighted by molar-refractivity contribution is 7.11. The summed E-state index contributed by atoms with van der Waals surface area (Å²) in [5.74, 6) is -0.0374. The van der Waals surface area contributed by atoms with Crippen molar-refractivity contribution in [3.8, 4) is 0 Å². The molecule has 8 nitrogen and oxygen atoms in total. The first-order valence-corrected chi connectivity index (χ1v) is 12.1. The summed E-state index contributed by atoms with van der Waals surface area (Å²) in [6.45, 7) is 6.30. The Balaban J connectivity index is 1.17. The Morgan fingerprint density at radius 3 is 2.52 bits per heavy atom. The van der Waals surface area contributed by atoms with Gasteiger partial charge in [-0.05, 0) is 38.1 Å². The zero-order chi connectivity index (χ0) is 21.2. The molecule has 0 aromatic carbocycles. The Labute approximate surface area is 186 Å². The molecular formula is C22H30N6O2S. The number of aromatic amines is 1. The van der Waals surface area contributed by atoms with Crippen LogP contribution < -0.4 is 5.32 Å². The fourth-order valence-corrected chi connectivity index (χ4v) is 6.01. The Morgan fingerprint density at radius 2 is 1.77 bits per heavy atom. The van der Waals surface area contributed by atoms with Gasteiger partial charge in [0.05, 0.1) is 6.33 Å². The van der Waals surface area contributed by atoms with Gasteiger partial charge >= 0.3 is 0 Å². The lowest BCUT2D eigenvalue weighted by Crippen LogP contribution is -2.69. The van der Waals surface area contributed by atoms with E-state index in [9.17, 15) is 9.59 Å². The van der Waals surface area contributed by atoms with Crippen LogP contribution in [0.15, 0.2) is 24.7 Å². The molecule has 0 bridgehead atoms. The van der Waals surface area contributed by atoms with Crippen molar-refractivity contribution in [1.29, 1.82) is 0 Å². The summed E-state index contributed by atoms with van der Waals surface area (Å²) >= 11 is 1.88. The first-order valence-electron chi connectivity index (χ1n) is 11.3. The number of carbonyl (C=O) groups is 2. The van der Waals surface area contributed by atoms with Gasteiger partial charge in [-0.3, -0.25) is 19.4 Å². The van der Waals surface area contributed by atoms with Gasteiger partial charge < -0.3 is 15.2 Å². The maximum absolute atomic E-state index is 12.9. The third-order valence-electron chi connectivity index (χ3n) is 6.57. The summed E-state index contributed by atoms with van der Waals surface area (Å²) < 4.78 is 0. The van der Waals surface area contributed by atoms with Gasteiger partial charge in [-0.1, -0.05) is 6.42 Å². The zero-order valence-corrected chi connectivity index (χ0v) is 18.6. The van der Waals surface area contributed by atoms with Crippen LogP contribution in [0.1, 0.15) is 34.7 Å². The number of thiophene rings is 1. The topological polar surface area (TPSA) is 84.6 Å². The number of likely N-dealkylation sites (tertiary alicyclic amines) is 1. The third kappa shape index (κ3) is 4.68. The molecule has 0 saturated carbocycles. The SMILES string of the molecule is O=C1N[C@@H](Cc2cnc[nH]2)C(=O)N2CCN(Cc3ccc(CN4CCCCC4)s3)C[C@H]12. The van der Waals surface area contributed by atoms with Crippen LogP contribution >= 0.6 is 11.3 Å². The van der Waals surface area contributed by atoms with Crippen molar-refractivity contribution in [3.63, 3.8) is 0 Å². The third-order valence-corrected chi connectivity index (χ3v) is 7.62. The van der Waals surface area contributed by atoms with Crippen molar-refractivity contribution < 1.29 is 9.59 Å². The smallest absolute Gasteiger partial charge is 0.246 e. The number of carbonyl (C=O) groups excluding carboxylic acids is 2. The minimum Gasteiger partial charge on any atom is -0.348 e. The standard InChI is InChI=1S/C22H30N6O2S/c29-21-20-14-27(13-18-5-4-17(31-18)12-26-6-2-1-3-7-26)8-9-28(20)22(30)19(25-21)10-16-11-23-15-24-16/h4-5,11,15,19-20H,1-3,6-10,12-14H2,(H,23,24)(H,25,29)/t19-,20+/m0/s1. The van der Waals surface area contributed by atoms with Crippen LogP contribution in [-0.2, 0) is 29.1 Å². The fourth-order valence-electron chi connectivity index (χ4n) is 4.91. The predicted molar refractivity (Wildman–Crippen MR) is 118 cm³/mol. The maximum atomic E-state index is 12.9. The quantitative estimate of drug-likeness (QED) is 0.703. The van der Waals surface area contributed by atoms with E-state index < -0.39 is 12.1 Å². The molecule has 2 aromatic heterocycles. The predicted octanol–water partition coefficient (Wildman–Crippen LogP) is 1.21. The Hall–Kier alpha value is -2.23. The van der Waals surface area contributed by atoms with Crippen molar-refractivity contribution in [1.82, 2.24) is 30.0 Å². The van der Waals surface area contributed by atoms with Gasteiger partial charge in [0, 0.05) is 60.8 Å². The van der Waals surface area contributed by atoms with E-state index in [0.717, 1.165) is 25.3 Å². The number of piperidine rings is 1. The second-order valence-electron chi connectivity index (χ2n) is 8.83. The van der Waals surface area contributed by atoms with Crippen molar-refractivity contribution in [3.05, 3.63) is 40.1 Å². The Morgan fingerprint density at radius 1 is 1.00 bits per heavy atom. The minimum atomic E-state index is -0.509. The monoisotopic (exact) mass is 442 g/mol. The summed E-state index contributed by atoms with van der Waals surface area (Å²) in [7, 11) is 0. The number of aromatic nitrogens is 2. The highest BCUT2D eigenvalue weighted by Gasteiger charge is 2.43. The number of H-pyrrole nitrogens is 1. The molecule has 3 saturated heterocycles. The second kappa shape index (κ2) is 9.10. The van der Waals surface area contributed by atoms with E-state index in [4.69, 9.17) is 0 Å². The van der Waals surface area contributed by atoms with Crippen LogP contribution in [0.2, 0.25) is 0 Å². The van der Waals surface area contributed by atoms with Crippen LogP contribution in [0, 0.1) is 0 Å². The molecule has 5 rings (SSSR count). The molecule has 3 aliphatic rings. The van der Waals surface area contributed by atoms with Gasteiger partial charge in [-0.15, -0.1) is 11.3 Å². The molecule has 2 aromatic rings. The molecule has 3 aliphatic heterocycles. The minimum absolute atomic E-state index is 0.0128. The molecule has 5 heterocycles. The van der Waals surface area contributed by atoms with Crippen LogP contribution in [0.25, 0.3) is 0 Å². The van der Waals surface area contributed by atoms with E-state index >= 15 is 0 Å². The molecule has 0 radical (unpaired) electrons. The number of amides is 2. The highest BCUT2D eigenvalue weighted by atomic mass is 32.1. The number of hydrogen-bond acceptors (Lipinski definition) is 6. The lowest BCUT2D eigenvalue weighted by Gasteiger charge is -2.45. The van der Waals surface area contributed by atoms with Crippen molar-refractivity contribution >= 4 is 23.2 Å². The molecular weight excluding hydrogens is 412 g/mol. The van der Waals surface area contributed by atoms with Crippen molar-refractivity contribution in [2.45, 2.75) is 50.9 Å². The summed E-state index contributed by atoms with van der Waals surface area (Å²) in [6.07, 6.45) is 7.73. The number of fused-ring (bicyclic) bond motifs is 1. The van der Waals surface area contributed by atoms with E-state index in [2.05, 4.69) is 37.2 Å². The second-order valence-corrected chi connectivity index (χ2v) is 10.1. The lowest BCUT2D eigenvalue weighted by molar-refractivity contribution is -0.153. The van der Waals surface area contributed by atoms with Gasteiger partial charge in [0.25, 0.3) is 0 Å². The van der Waals surface area contributed by atoms with E-state index in [-0.39, 0.29) is 11.8 Å². The molecule has 31 heavy (non-hydrogen) atoms. The van der Waals surface area contributed by atoms with Gasteiger partial charge in [-0.2, -0.15) is 0 Å². The Bertz CT molecular complexity index is 907. The molecule has 0 aliphatic carbocycles. The van der Waals surface area contributed by atoms with Gasteiger partial charge in [-0.25, -0.2) is 4.98 Å². The molecule has 0 spiro atoms. The molecule has 9 heteroatoms. The first kappa shape index (κ1) is 20.7. The maximum Gasteiger partial charge on any atom is 0.246 e.